The third kappa shape index (κ3) is 3.14. The van der Waals surface area contributed by atoms with E-state index in [9.17, 15) is 0 Å². The first-order valence-corrected chi connectivity index (χ1v) is 7.20. The van der Waals surface area contributed by atoms with Gasteiger partial charge in [0.1, 0.15) is 0 Å². The summed E-state index contributed by atoms with van der Waals surface area (Å²) in [6.07, 6.45) is 0. The van der Waals surface area contributed by atoms with Crippen molar-refractivity contribution in [2.45, 2.75) is 25.9 Å². The average molecular weight is 289 g/mol. The van der Waals surface area contributed by atoms with Crippen LogP contribution in [0.15, 0.2) is 48.5 Å². The van der Waals surface area contributed by atoms with Crippen molar-refractivity contribution in [2.75, 3.05) is 12.8 Å². The molecule has 2 nitrogen and oxygen atoms in total. The SMILES string of the molecule is CC(c1ccc(N)cc1)N(C)C(C)c1ccccc1Cl. The molecule has 0 aliphatic heterocycles. The van der Waals surface area contributed by atoms with Gasteiger partial charge in [-0.1, -0.05) is 41.9 Å². The summed E-state index contributed by atoms with van der Waals surface area (Å²) < 4.78 is 0. The highest BCUT2D eigenvalue weighted by molar-refractivity contribution is 6.31. The monoisotopic (exact) mass is 288 g/mol. The minimum absolute atomic E-state index is 0.247. The number of nitrogens with zero attached hydrogens (tertiary/aromatic N) is 1. The summed E-state index contributed by atoms with van der Waals surface area (Å²) in [4.78, 5) is 2.31. The zero-order chi connectivity index (χ0) is 14.7. The Hall–Kier alpha value is -1.51. The third-order valence-electron chi connectivity index (χ3n) is 4.00. The molecule has 0 aliphatic carbocycles. The third-order valence-corrected chi connectivity index (χ3v) is 4.34. The molecule has 2 atom stereocenters. The van der Waals surface area contributed by atoms with Crippen LogP contribution in [0.4, 0.5) is 5.69 Å². The van der Waals surface area contributed by atoms with E-state index in [4.69, 9.17) is 17.3 Å². The molecule has 0 radical (unpaired) electrons. The highest BCUT2D eigenvalue weighted by atomic mass is 35.5. The van der Waals surface area contributed by atoms with Crippen molar-refractivity contribution in [1.82, 2.24) is 4.90 Å². The summed E-state index contributed by atoms with van der Waals surface area (Å²) >= 11 is 6.29. The van der Waals surface area contributed by atoms with Crippen molar-refractivity contribution in [3.05, 3.63) is 64.7 Å². The van der Waals surface area contributed by atoms with Crippen molar-refractivity contribution in [1.29, 1.82) is 0 Å². The van der Waals surface area contributed by atoms with Crippen LogP contribution in [-0.4, -0.2) is 11.9 Å². The van der Waals surface area contributed by atoms with Gasteiger partial charge in [0.25, 0.3) is 0 Å². The summed E-state index contributed by atoms with van der Waals surface area (Å²) in [7, 11) is 2.12. The fraction of sp³-hybridized carbons (Fsp3) is 0.294. The second-order valence-corrected chi connectivity index (χ2v) is 5.61. The highest BCUT2D eigenvalue weighted by Gasteiger charge is 2.20. The molecule has 0 aromatic heterocycles. The molecule has 2 rings (SSSR count). The minimum atomic E-state index is 0.247. The number of benzene rings is 2. The van der Waals surface area contributed by atoms with Crippen molar-refractivity contribution < 1.29 is 0 Å². The standard InChI is InChI=1S/C17H21ClN2/c1-12(14-8-10-15(19)11-9-14)20(3)13(2)16-6-4-5-7-17(16)18/h4-13H,19H2,1-3H3. The number of halogens is 1. The predicted molar refractivity (Wildman–Crippen MR) is 86.9 cm³/mol. The van der Waals surface area contributed by atoms with Crippen LogP contribution in [0.5, 0.6) is 0 Å². The van der Waals surface area contributed by atoms with Gasteiger partial charge in [0.15, 0.2) is 0 Å². The number of hydrogen-bond donors (Lipinski definition) is 1. The molecule has 0 bridgehead atoms. The summed E-state index contributed by atoms with van der Waals surface area (Å²) in [6, 6.07) is 16.6. The quantitative estimate of drug-likeness (QED) is 0.828. The first kappa shape index (κ1) is 14.9. The van der Waals surface area contributed by atoms with Gasteiger partial charge in [-0.25, -0.2) is 0 Å². The van der Waals surface area contributed by atoms with E-state index < -0.39 is 0 Å². The Morgan fingerprint density at radius 3 is 2.15 bits per heavy atom. The molecular formula is C17H21ClN2. The summed E-state index contributed by atoms with van der Waals surface area (Å²) in [5.74, 6) is 0. The Kier molecular flexibility index (Phi) is 4.69. The minimum Gasteiger partial charge on any atom is -0.399 e. The van der Waals surface area contributed by atoms with Gasteiger partial charge >= 0.3 is 0 Å². The van der Waals surface area contributed by atoms with Crippen LogP contribution in [-0.2, 0) is 0 Å². The zero-order valence-corrected chi connectivity index (χ0v) is 12.9. The van der Waals surface area contributed by atoms with E-state index in [1.165, 1.54) is 5.56 Å². The van der Waals surface area contributed by atoms with Crippen LogP contribution in [0.3, 0.4) is 0 Å². The molecule has 2 N–H and O–H groups in total. The van der Waals surface area contributed by atoms with Gasteiger partial charge in [0.05, 0.1) is 0 Å². The van der Waals surface area contributed by atoms with E-state index >= 15 is 0 Å². The van der Waals surface area contributed by atoms with E-state index in [2.05, 4.69) is 44.0 Å². The maximum Gasteiger partial charge on any atom is 0.0453 e. The summed E-state index contributed by atoms with van der Waals surface area (Å²) in [5, 5.41) is 0.816. The summed E-state index contributed by atoms with van der Waals surface area (Å²) in [6.45, 7) is 4.37. The van der Waals surface area contributed by atoms with Crippen LogP contribution in [0.2, 0.25) is 5.02 Å². The number of rotatable bonds is 4. The Morgan fingerprint density at radius 2 is 1.55 bits per heavy atom. The fourth-order valence-corrected chi connectivity index (χ4v) is 2.67. The molecule has 2 aromatic carbocycles. The van der Waals surface area contributed by atoms with Gasteiger partial charge in [0, 0.05) is 22.8 Å². The predicted octanol–water partition coefficient (Wildman–Crippen LogP) is 4.68. The van der Waals surface area contributed by atoms with Crippen molar-refractivity contribution in [3.63, 3.8) is 0 Å². The molecule has 0 fully saturated rings. The molecule has 0 amide bonds. The zero-order valence-electron chi connectivity index (χ0n) is 12.2. The Bertz CT molecular complexity index is 565. The van der Waals surface area contributed by atoms with Crippen LogP contribution in [0.1, 0.15) is 37.1 Å². The number of anilines is 1. The number of hydrogen-bond acceptors (Lipinski definition) is 2. The largest absolute Gasteiger partial charge is 0.399 e. The van der Waals surface area contributed by atoms with Gasteiger partial charge < -0.3 is 5.73 Å². The van der Waals surface area contributed by atoms with E-state index in [1.807, 2.05) is 30.3 Å². The van der Waals surface area contributed by atoms with E-state index in [1.54, 1.807) is 0 Å². The lowest BCUT2D eigenvalue weighted by atomic mass is 10.0. The van der Waals surface area contributed by atoms with Gasteiger partial charge in [-0.3, -0.25) is 4.90 Å². The Morgan fingerprint density at radius 1 is 0.950 bits per heavy atom. The van der Waals surface area contributed by atoms with Crippen LogP contribution in [0, 0.1) is 0 Å². The molecule has 106 valence electrons. The lowest BCUT2D eigenvalue weighted by Gasteiger charge is -2.32. The molecular weight excluding hydrogens is 268 g/mol. The van der Waals surface area contributed by atoms with E-state index in [0.29, 0.717) is 6.04 Å². The molecule has 20 heavy (non-hydrogen) atoms. The molecule has 0 aliphatic rings. The van der Waals surface area contributed by atoms with Crippen LogP contribution < -0.4 is 5.73 Å². The molecule has 2 unspecified atom stereocenters. The molecule has 2 aromatic rings. The Labute approximate surface area is 126 Å². The molecule has 0 spiro atoms. The van der Waals surface area contributed by atoms with E-state index in [0.717, 1.165) is 16.3 Å². The van der Waals surface area contributed by atoms with Gasteiger partial charge in [-0.15, -0.1) is 0 Å². The van der Waals surface area contributed by atoms with Gasteiger partial charge in [-0.2, -0.15) is 0 Å². The topological polar surface area (TPSA) is 29.3 Å². The number of nitrogens with two attached hydrogens (primary N) is 1. The van der Waals surface area contributed by atoms with Gasteiger partial charge in [0.2, 0.25) is 0 Å². The smallest absolute Gasteiger partial charge is 0.0453 e. The maximum absolute atomic E-state index is 6.29. The molecule has 3 heteroatoms. The first-order chi connectivity index (χ1) is 9.50. The normalized spacial score (nSPS) is 14.2. The second kappa shape index (κ2) is 6.29. The molecule has 0 saturated carbocycles. The van der Waals surface area contributed by atoms with Crippen LogP contribution >= 0.6 is 11.6 Å². The highest BCUT2D eigenvalue weighted by Crippen LogP contribution is 2.32. The number of nitrogen functional groups attached to an aromatic ring is 1. The fourth-order valence-electron chi connectivity index (χ4n) is 2.38. The molecule has 0 saturated heterocycles. The lowest BCUT2D eigenvalue weighted by Crippen LogP contribution is -2.26. The second-order valence-electron chi connectivity index (χ2n) is 5.21. The first-order valence-electron chi connectivity index (χ1n) is 6.82. The maximum atomic E-state index is 6.29. The van der Waals surface area contributed by atoms with Crippen molar-refractivity contribution >= 4 is 17.3 Å². The summed E-state index contributed by atoms with van der Waals surface area (Å²) in [5.41, 5.74) is 8.94. The van der Waals surface area contributed by atoms with Crippen molar-refractivity contribution in [3.8, 4) is 0 Å². The van der Waals surface area contributed by atoms with E-state index in [-0.39, 0.29) is 6.04 Å². The lowest BCUT2D eigenvalue weighted by molar-refractivity contribution is 0.199. The molecule has 0 heterocycles. The van der Waals surface area contributed by atoms with Crippen LogP contribution in [0.25, 0.3) is 0 Å². The Balaban J connectivity index is 2.20. The van der Waals surface area contributed by atoms with Crippen molar-refractivity contribution in [2.24, 2.45) is 0 Å². The van der Waals surface area contributed by atoms with Gasteiger partial charge in [-0.05, 0) is 50.2 Å². The average Bonchev–Trinajstić information content (AvgIpc) is 2.46.